The summed E-state index contributed by atoms with van der Waals surface area (Å²) in [6.45, 7) is 5.69. The quantitative estimate of drug-likeness (QED) is 0.771. The average molecular weight is 312 g/mol. The van der Waals surface area contributed by atoms with Crippen LogP contribution in [0.5, 0.6) is 0 Å². The number of amides is 1. The highest BCUT2D eigenvalue weighted by Crippen LogP contribution is 2.29. The number of nitrogens with one attached hydrogen (secondary N) is 1. The fraction of sp³-hybridized carbons (Fsp3) is 0.714. The van der Waals surface area contributed by atoms with Crippen LogP contribution >= 0.6 is 11.3 Å². The van der Waals surface area contributed by atoms with E-state index < -0.39 is 0 Å². The van der Waals surface area contributed by atoms with Gasteiger partial charge in [0.05, 0.1) is 12.6 Å². The van der Waals surface area contributed by atoms with Crippen molar-refractivity contribution in [3.63, 3.8) is 0 Å². The molecule has 2 heterocycles. The number of nitrogens with zero attached hydrogens (tertiary/aromatic N) is 2. The van der Waals surface area contributed by atoms with E-state index in [0.717, 1.165) is 25.8 Å². The molecule has 1 aromatic rings. The fourth-order valence-electron chi connectivity index (χ4n) is 2.44. The van der Waals surface area contributed by atoms with Crippen LogP contribution in [0.25, 0.3) is 0 Å². The summed E-state index contributed by atoms with van der Waals surface area (Å²) in [6.07, 6.45) is 2.87. The zero-order valence-electron chi connectivity index (χ0n) is 12.6. The maximum atomic E-state index is 12.6. The van der Waals surface area contributed by atoms with Gasteiger partial charge in [-0.05, 0) is 25.2 Å². The zero-order chi connectivity index (χ0) is 15.4. The van der Waals surface area contributed by atoms with Crippen molar-refractivity contribution in [2.45, 2.75) is 39.2 Å². The molecule has 4 N–H and O–H groups in total. The number of aliphatic hydroxyl groups excluding tert-OH is 1. The highest BCUT2D eigenvalue weighted by Gasteiger charge is 2.29. The molecule has 0 saturated carbocycles. The summed E-state index contributed by atoms with van der Waals surface area (Å²) in [5.74, 6) is 0.662. The van der Waals surface area contributed by atoms with E-state index in [-0.39, 0.29) is 24.4 Å². The van der Waals surface area contributed by atoms with E-state index in [1.165, 1.54) is 11.3 Å². The van der Waals surface area contributed by atoms with Crippen molar-refractivity contribution in [1.29, 1.82) is 0 Å². The van der Waals surface area contributed by atoms with Gasteiger partial charge < -0.3 is 21.1 Å². The first-order chi connectivity index (χ1) is 10.0. The fourth-order valence-corrected chi connectivity index (χ4v) is 3.29. The predicted octanol–water partition coefficient (Wildman–Crippen LogP) is 1.78. The van der Waals surface area contributed by atoms with Crippen molar-refractivity contribution < 1.29 is 9.90 Å². The first-order valence-electron chi connectivity index (χ1n) is 7.45. The van der Waals surface area contributed by atoms with Crippen LogP contribution in [0.1, 0.15) is 42.8 Å². The number of piperidine rings is 1. The van der Waals surface area contributed by atoms with E-state index in [2.05, 4.69) is 24.1 Å². The molecule has 0 aromatic carbocycles. The molecule has 7 heteroatoms. The summed E-state index contributed by atoms with van der Waals surface area (Å²) in [5.41, 5.74) is 5.89. The molecular weight excluding hydrogens is 288 g/mol. The molecule has 1 aliphatic heterocycles. The predicted molar refractivity (Wildman–Crippen MR) is 85.6 cm³/mol. The molecule has 1 unspecified atom stereocenters. The Morgan fingerprint density at radius 3 is 3.00 bits per heavy atom. The van der Waals surface area contributed by atoms with Gasteiger partial charge in [0.15, 0.2) is 5.13 Å². The zero-order valence-corrected chi connectivity index (χ0v) is 13.4. The van der Waals surface area contributed by atoms with Gasteiger partial charge in [0, 0.05) is 13.1 Å². The molecule has 118 valence electrons. The lowest BCUT2D eigenvalue weighted by Gasteiger charge is -2.34. The second kappa shape index (κ2) is 7.09. The molecule has 1 aliphatic rings. The van der Waals surface area contributed by atoms with Crippen molar-refractivity contribution in [1.82, 2.24) is 9.88 Å². The van der Waals surface area contributed by atoms with Gasteiger partial charge in [-0.2, -0.15) is 0 Å². The van der Waals surface area contributed by atoms with E-state index in [4.69, 9.17) is 5.73 Å². The molecule has 0 bridgehead atoms. The molecule has 1 saturated heterocycles. The molecule has 1 aromatic heterocycles. The lowest BCUT2D eigenvalue weighted by molar-refractivity contribution is 0.0508. The van der Waals surface area contributed by atoms with Crippen LogP contribution in [-0.4, -0.2) is 46.6 Å². The number of likely N-dealkylation sites (tertiary alicyclic amines) is 1. The Morgan fingerprint density at radius 2 is 2.33 bits per heavy atom. The molecule has 1 amide bonds. The van der Waals surface area contributed by atoms with E-state index in [9.17, 15) is 9.90 Å². The maximum Gasteiger partial charge on any atom is 0.268 e. The molecule has 0 aliphatic carbocycles. The molecule has 21 heavy (non-hydrogen) atoms. The number of nitrogen functional groups attached to an aromatic ring is 1. The number of aliphatic hydroxyl groups is 1. The minimum atomic E-state index is -0.110. The number of aromatic nitrogens is 1. The molecule has 0 spiro atoms. The molecule has 1 fully saturated rings. The van der Waals surface area contributed by atoms with Crippen LogP contribution in [0.2, 0.25) is 0 Å². The Hall–Kier alpha value is -1.34. The van der Waals surface area contributed by atoms with Crippen molar-refractivity contribution in [3.8, 4) is 0 Å². The van der Waals surface area contributed by atoms with Crippen molar-refractivity contribution >= 4 is 28.2 Å². The van der Waals surface area contributed by atoms with Crippen molar-refractivity contribution in [3.05, 3.63) is 4.88 Å². The number of thiazole rings is 1. The van der Waals surface area contributed by atoms with Crippen LogP contribution in [0.3, 0.4) is 0 Å². The second-order valence-electron chi connectivity index (χ2n) is 5.84. The summed E-state index contributed by atoms with van der Waals surface area (Å²) in [4.78, 5) is 19.1. The van der Waals surface area contributed by atoms with E-state index >= 15 is 0 Å². The Kier molecular flexibility index (Phi) is 5.41. The van der Waals surface area contributed by atoms with E-state index in [1.54, 1.807) is 4.90 Å². The number of anilines is 2. The van der Waals surface area contributed by atoms with Crippen LogP contribution in [0, 0.1) is 5.92 Å². The number of carbonyl (C=O) groups excluding carboxylic acids is 1. The molecular formula is C14H24N4O2S. The average Bonchev–Trinajstić information content (AvgIpc) is 2.85. The monoisotopic (exact) mass is 312 g/mol. The first kappa shape index (κ1) is 16.0. The van der Waals surface area contributed by atoms with Crippen LogP contribution < -0.4 is 11.1 Å². The number of carbonyl (C=O) groups is 1. The summed E-state index contributed by atoms with van der Waals surface area (Å²) in [6, 6.07) is -0.0974. The smallest absolute Gasteiger partial charge is 0.268 e. The maximum absolute atomic E-state index is 12.6. The Balaban J connectivity index is 2.11. The van der Waals surface area contributed by atoms with Gasteiger partial charge in [0.2, 0.25) is 0 Å². The molecule has 6 nitrogen and oxygen atoms in total. The van der Waals surface area contributed by atoms with Crippen molar-refractivity contribution in [2.24, 2.45) is 5.92 Å². The van der Waals surface area contributed by atoms with Gasteiger partial charge in [-0.1, -0.05) is 25.2 Å². The normalized spacial score (nSPS) is 19.0. The summed E-state index contributed by atoms with van der Waals surface area (Å²) < 4.78 is 0. The molecule has 1 atom stereocenters. The number of nitrogens with two attached hydrogens (primary N) is 1. The van der Waals surface area contributed by atoms with E-state index in [0.29, 0.717) is 22.5 Å². The second-order valence-corrected chi connectivity index (χ2v) is 6.84. The van der Waals surface area contributed by atoms with Crippen LogP contribution in [-0.2, 0) is 0 Å². The van der Waals surface area contributed by atoms with E-state index in [1.807, 2.05) is 0 Å². The van der Waals surface area contributed by atoms with Gasteiger partial charge in [-0.3, -0.25) is 4.79 Å². The minimum absolute atomic E-state index is 0.00288. The van der Waals surface area contributed by atoms with Crippen molar-refractivity contribution in [2.75, 3.05) is 30.7 Å². The third-order valence-corrected chi connectivity index (χ3v) is 4.62. The number of hydrogen-bond donors (Lipinski definition) is 3. The Bertz CT molecular complexity index is 489. The summed E-state index contributed by atoms with van der Waals surface area (Å²) in [5, 5.41) is 13.3. The van der Waals surface area contributed by atoms with Gasteiger partial charge in [-0.15, -0.1) is 0 Å². The minimum Gasteiger partial charge on any atom is -0.394 e. The Morgan fingerprint density at radius 1 is 1.57 bits per heavy atom. The highest BCUT2D eigenvalue weighted by atomic mass is 32.1. The molecule has 2 rings (SSSR count). The molecule has 0 radical (unpaired) electrons. The lowest BCUT2D eigenvalue weighted by atomic mass is 10.0. The SMILES string of the molecule is CC(C)CNc1nc(N)c(C(=O)N2CCCCC2CO)s1. The van der Waals surface area contributed by atoms with Crippen LogP contribution in [0.15, 0.2) is 0 Å². The highest BCUT2D eigenvalue weighted by molar-refractivity contribution is 7.18. The lowest BCUT2D eigenvalue weighted by Crippen LogP contribution is -2.45. The van der Waals surface area contributed by atoms with Crippen LogP contribution in [0.4, 0.5) is 10.9 Å². The number of rotatable bonds is 5. The largest absolute Gasteiger partial charge is 0.394 e. The third-order valence-electron chi connectivity index (χ3n) is 3.61. The summed E-state index contributed by atoms with van der Waals surface area (Å²) >= 11 is 1.30. The summed E-state index contributed by atoms with van der Waals surface area (Å²) in [7, 11) is 0. The number of hydrogen-bond acceptors (Lipinski definition) is 6. The van der Waals surface area contributed by atoms with Gasteiger partial charge in [0.1, 0.15) is 10.7 Å². The topological polar surface area (TPSA) is 91.5 Å². The first-order valence-corrected chi connectivity index (χ1v) is 8.26. The standard InChI is InChI=1S/C14H24N4O2S/c1-9(2)7-16-14-17-12(15)11(21-14)13(20)18-6-4-3-5-10(18)8-19/h9-10,19H,3-8,15H2,1-2H3,(H,16,17). The Labute approximate surface area is 129 Å². The third kappa shape index (κ3) is 3.85. The van der Waals surface area contributed by atoms with Gasteiger partial charge >= 0.3 is 0 Å². The van der Waals surface area contributed by atoms with Gasteiger partial charge in [0.25, 0.3) is 5.91 Å². The van der Waals surface area contributed by atoms with Gasteiger partial charge in [-0.25, -0.2) is 4.98 Å².